The Morgan fingerprint density at radius 2 is 1.83 bits per heavy atom. The van der Waals surface area contributed by atoms with Crippen molar-refractivity contribution in [2.75, 3.05) is 0 Å². The number of fused-ring (bicyclic) bond motifs is 4. The van der Waals surface area contributed by atoms with Crippen molar-refractivity contribution in [3.63, 3.8) is 0 Å². The molecule has 0 radical (unpaired) electrons. The third-order valence-electron chi connectivity index (χ3n) is 9.79. The molecule has 3 heteroatoms. The van der Waals surface area contributed by atoms with Gasteiger partial charge in [-0.05, 0) is 84.1 Å². The average Bonchev–Trinajstić information content (AvgIpc) is 3.03. The fourth-order valence-electron chi connectivity index (χ4n) is 7.74. The third-order valence-corrected chi connectivity index (χ3v) is 9.79. The summed E-state index contributed by atoms with van der Waals surface area (Å²) in [6, 6.07) is 9.06. The van der Waals surface area contributed by atoms with E-state index >= 15 is 0 Å². The number of hydrogen-bond acceptors (Lipinski definition) is 3. The highest BCUT2D eigenvalue weighted by molar-refractivity contribution is 5.93. The minimum absolute atomic E-state index is 0.0851. The molecule has 4 aliphatic carbocycles. The van der Waals surface area contributed by atoms with Gasteiger partial charge in [0.15, 0.2) is 11.4 Å². The third kappa shape index (κ3) is 3.93. The highest BCUT2D eigenvalue weighted by Crippen LogP contribution is 2.66. The molecular weight excluding hydrogens is 444 g/mol. The van der Waals surface area contributed by atoms with Crippen LogP contribution in [0.2, 0.25) is 0 Å². The van der Waals surface area contributed by atoms with Crippen molar-refractivity contribution in [2.24, 2.45) is 17.3 Å². The maximum Gasteiger partial charge on any atom is 0.156 e. The van der Waals surface area contributed by atoms with Gasteiger partial charge in [-0.15, -0.1) is 5.92 Å². The molecule has 3 nitrogen and oxygen atoms in total. The predicted octanol–water partition coefficient (Wildman–Crippen LogP) is 6.39. The van der Waals surface area contributed by atoms with Crippen LogP contribution in [0.4, 0.5) is 0 Å². The Morgan fingerprint density at radius 1 is 1.11 bits per heavy atom. The largest absolute Gasteiger partial charge is 0.389 e. The molecule has 1 aromatic rings. The monoisotopic (exact) mass is 486 g/mol. The first-order valence-electron chi connectivity index (χ1n) is 14.0. The number of allylic oxidation sites excluding steroid dienone is 4. The van der Waals surface area contributed by atoms with Crippen molar-refractivity contribution in [1.29, 1.82) is 0 Å². The van der Waals surface area contributed by atoms with E-state index in [1.165, 1.54) is 27.8 Å². The fraction of sp³-hybridized carbons (Fsp3) is 0.606. The van der Waals surface area contributed by atoms with Crippen LogP contribution in [0.15, 0.2) is 47.1 Å². The molecule has 0 spiro atoms. The summed E-state index contributed by atoms with van der Waals surface area (Å²) < 4.78 is 0. The van der Waals surface area contributed by atoms with Crippen molar-refractivity contribution in [3.8, 4) is 11.8 Å². The molecule has 0 saturated heterocycles. The minimum Gasteiger partial charge on any atom is -0.389 e. The van der Waals surface area contributed by atoms with E-state index in [9.17, 15) is 15.0 Å². The second kappa shape index (κ2) is 9.00. The van der Waals surface area contributed by atoms with E-state index in [1.54, 1.807) is 0 Å². The number of hydrogen-bond donors (Lipinski definition) is 2. The standard InChI is InChI=1S/C33H42O3/c1-6-7-8-17-33(36)29(35)19-28-26-15-11-22-18-24(34)14-16-25(22)30(26)27(20-32(28,33)5)21-9-12-23(13-10-21)31(2,3)4/h9-10,12-13,18,26-29,35-36H,6-7,11,14-16,19-20H2,1-5H3/t26-,27+,28-,29+,32-,33+/m0/s1. The lowest BCUT2D eigenvalue weighted by Gasteiger charge is -2.53. The molecule has 0 aliphatic heterocycles. The van der Waals surface area contributed by atoms with Crippen LogP contribution in [-0.4, -0.2) is 27.7 Å². The first kappa shape index (κ1) is 25.5. The zero-order chi connectivity index (χ0) is 25.9. The van der Waals surface area contributed by atoms with Gasteiger partial charge < -0.3 is 10.2 Å². The Hall–Kier alpha value is -2.15. The molecule has 2 N–H and O–H groups in total. The highest BCUT2D eigenvalue weighted by Gasteiger charge is 2.66. The van der Waals surface area contributed by atoms with Gasteiger partial charge in [0.1, 0.15) is 0 Å². The molecule has 192 valence electrons. The van der Waals surface area contributed by atoms with Gasteiger partial charge in [0.2, 0.25) is 0 Å². The Balaban J connectivity index is 1.66. The molecule has 0 aromatic heterocycles. The van der Waals surface area contributed by atoms with Crippen molar-refractivity contribution >= 4 is 5.78 Å². The molecule has 0 heterocycles. The van der Waals surface area contributed by atoms with Crippen LogP contribution in [-0.2, 0) is 10.2 Å². The molecule has 0 unspecified atom stereocenters. The van der Waals surface area contributed by atoms with Crippen LogP contribution in [0.5, 0.6) is 0 Å². The van der Waals surface area contributed by atoms with Gasteiger partial charge in [-0.25, -0.2) is 0 Å². The number of unbranched alkanes of at least 4 members (excludes halogenated alkanes) is 1. The van der Waals surface area contributed by atoms with Crippen molar-refractivity contribution in [3.05, 3.63) is 58.2 Å². The van der Waals surface area contributed by atoms with E-state index in [-0.39, 0.29) is 23.0 Å². The van der Waals surface area contributed by atoms with Gasteiger partial charge in [-0.1, -0.05) is 70.4 Å². The Morgan fingerprint density at radius 3 is 2.50 bits per heavy atom. The zero-order valence-corrected chi connectivity index (χ0v) is 22.7. The Bertz CT molecular complexity index is 1170. The Kier molecular flexibility index (Phi) is 6.37. The van der Waals surface area contributed by atoms with E-state index in [2.05, 4.69) is 70.7 Å². The summed E-state index contributed by atoms with van der Waals surface area (Å²) >= 11 is 0. The normalized spacial score (nSPS) is 35.9. The molecule has 0 bridgehead atoms. The quantitative estimate of drug-likeness (QED) is 0.476. The molecule has 0 amide bonds. The summed E-state index contributed by atoms with van der Waals surface area (Å²) in [5, 5.41) is 23.3. The lowest BCUT2D eigenvalue weighted by molar-refractivity contribution is -0.114. The topological polar surface area (TPSA) is 57.5 Å². The highest BCUT2D eigenvalue weighted by atomic mass is 16.3. The first-order valence-corrected chi connectivity index (χ1v) is 14.0. The van der Waals surface area contributed by atoms with E-state index in [1.807, 2.05) is 6.08 Å². The molecular formula is C33H42O3. The second-order valence-electron chi connectivity index (χ2n) is 12.9. The molecule has 2 fully saturated rings. The summed E-state index contributed by atoms with van der Waals surface area (Å²) in [6.45, 7) is 11.0. The smallest absolute Gasteiger partial charge is 0.156 e. The number of rotatable bonds is 2. The molecule has 1 aromatic carbocycles. The molecule has 5 rings (SSSR count). The molecule has 6 atom stereocenters. The van der Waals surface area contributed by atoms with Gasteiger partial charge >= 0.3 is 0 Å². The Labute approximate surface area is 217 Å². The number of ketones is 1. The van der Waals surface area contributed by atoms with E-state index in [0.717, 1.165) is 38.5 Å². The number of aliphatic hydroxyl groups is 2. The van der Waals surface area contributed by atoms with Crippen LogP contribution >= 0.6 is 0 Å². The van der Waals surface area contributed by atoms with Crippen LogP contribution in [0.25, 0.3) is 0 Å². The maximum absolute atomic E-state index is 12.3. The van der Waals surface area contributed by atoms with Crippen LogP contribution in [0, 0.1) is 29.1 Å². The van der Waals surface area contributed by atoms with Crippen molar-refractivity contribution < 1.29 is 15.0 Å². The van der Waals surface area contributed by atoms with Crippen molar-refractivity contribution in [1.82, 2.24) is 0 Å². The number of aliphatic hydroxyl groups excluding tert-OH is 1. The van der Waals surface area contributed by atoms with Gasteiger partial charge in [0.05, 0.1) is 6.10 Å². The van der Waals surface area contributed by atoms with Crippen LogP contribution < -0.4 is 0 Å². The van der Waals surface area contributed by atoms with Crippen LogP contribution in [0.3, 0.4) is 0 Å². The number of carbonyl (C=O) groups is 1. The second-order valence-corrected chi connectivity index (χ2v) is 12.9. The van der Waals surface area contributed by atoms with E-state index in [0.29, 0.717) is 18.8 Å². The summed E-state index contributed by atoms with van der Waals surface area (Å²) in [5.74, 6) is 7.26. The number of carbonyl (C=O) groups excluding carboxylic acids is 1. The number of benzene rings is 1. The summed E-state index contributed by atoms with van der Waals surface area (Å²) in [6.07, 6.45) is 7.36. The lowest BCUT2D eigenvalue weighted by atomic mass is 9.51. The van der Waals surface area contributed by atoms with Gasteiger partial charge in [-0.2, -0.15) is 0 Å². The van der Waals surface area contributed by atoms with Gasteiger partial charge in [0.25, 0.3) is 0 Å². The summed E-state index contributed by atoms with van der Waals surface area (Å²) in [7, 11) is 0. The fourth-order valence-corrected chi connectivity index (χ4v) is 7.74. The van der Waals surface area contributed by atoms with Crippen molar-refractivity contribution in [2.45, 2.75) is 109 Å². The molecule has 2 saturated carbocycles. The van der Waals surface area contributed by atoms with Crippen LogP contribution in [0.1, 0.15) is 103 Å². The summed E-state index contributed by atoms with van der Waals surface area (Å²) in [4.78, 5) is 12.3. The SMILES string of the molecule is CCCC#C[C@@]1(O)[C@H](O)C[C@H]2[C@@H]3CCC4=CC(=O)CCC4=C3[C@@H](c3ccc(C(C)(C)C)cc3)C[C@@]21C. The predicted molar refractivity (Wildman–Crippen MR) is 144 cm³/mol. The maximum atomic E-state index is 12.3. The average molecular weight is 487 g/mol. The van der Waals surface area contributed by atoms with E-state index < -0.39 is 17.1 Å². The summed E-state index contributed by atoms with van der Waals surface area (Å²) in [5.41, 5.74) is 4.87. The van der Waals surface area contributed by atoms with Gasteiger partial charge in [0, 0.05) is 24.2 Å². The molecule has 36 heavy (non-hydrogen) atoms. The zero-order valence-electron chi connectivity index (χ0n) is 22.7. The molecule has 4 aliphatic rings. The van der Waals surface area contributed by atoms with E-state index in [4.69, 9.17) is 0 Å². The minimum atomic E-state index is -1.40. The van der Waals surface area contributed by atoms with Gasteiger partial charge in [-0.3, -0.25) is 4.79 Å². The lowest BCUT2D eigenvalue weighted by Crippen LogP contribution is -2.54. The first-order chi connectivity index (χ1) is 17.0.